The van der Waals surface area contributed by atoms with E-state index in [4.69, 9.17) is 4.55 Å². The number of carbonyl (C=O) groups is 3. The quantitative estimate of drug-likeness (QED) is 0.532. The van der Waals surface area contributed by atoms with Crippen LogP contribution in [0.5, 0.6) is 0 Å². The molecule has 13 heteroatoms. The Morgan fingerprint density at radius 2 is 1.86 bits per heavy atom. The van der Waals surface area contributed by atoms with Crippen LogP contribution >= 0.6 is 0 Å². The topological polar surface area (TPSA) is 157 Å². The van der Waals surface area contributed by atoms with Crippen LogP contribution in [0.1, 0.15) is 40.0 Å². The van der Waals surface area contributed by atoms with E-state index in [2.05, 4.69) is 9.60 Å². The van der Waals surface area contributed by atoms with Crippen LogP contribution in [-0.4, -0.2) is 88.2 Å². The van der Waals surface area contributed by atoms with Gasteiger partial charge in [-0.1, -0.05) is 20.8 Å². The van der Waals surface area contributed by atoms with E-state index in [1.165, 1.54) is 9.80 Å². The van der Waals surface area contributed by atoms with E-state index in [-0.39, 0.29) is 6.54 Å². The lowest BCUT2D eigenvalue weighted by atomic mass is 9.82. The van der Waals surface area contributed by atoms with Crippen LogP contribution in [0, 0.1) is 5.41 Å². The van der Waals surface area contributed by atoms with Gasteiger partial charge in [-0.2, -0.15) is 13.5 Å². The number of hydrogen-bond donors (Lipinski definition) is 3. The van der Waals surface area contributed by atoms with Gasteiger partial charge in [0.2, 0.25) is 5.91 Å². The largest absolute Gasteiger partial charge is 0.465 e. The molecule has 3 heterocycles. The molecule has 0 radical (unpaired) electrons. The number of carboxylic acid groups (broad SMARTS) is 1. The molecule has 3 aliphatic rings. The average molecular weight is 434 g/mol. The standard InChI is InChI=1S/C16H26N4O8S/c1-16(2,3)12-10(6-7-18(12)15(23)24)17-13(21)11-5-4-9-8-19(11)14(22)20(9)28-29(25,26)27/h9-12H,4-8H2,1-3H3,(H,17,21)(H,23,24)(H,25,26,27)/t9-,10?,11+,12?/m1/s1. The molecule has 0 aromatic rings. The third-order valence-electron chi connectivity index (χ3n) is 5.66. The zero-order valence-corrected chi connectivity index (χ0v) is 17.3. The first kappa shape index (κ1) is 21.6. The number of carbonyl (C=O) groups excluding carboxylic acids is 2. The number of nitrogens with zero attached hydrogens (tertiary/aromatic N) is 3. The van der Waals surface area contributed by atoms with Gasteiger partial charge in [-0.15, -0.1) is 4.28 Å². The van der Waals surface area contributed by atoms with Crippen LogP contribution in [0.15, 0.2) is 0 Å². The zero-order valence-electron chi connectivity index (χ0n) is 16.4. The van der Waals surface area contributed by atoms with Gasteiger partial charge in [-0.25, -0.2) is 9.59 Å². The van der Waals surface area contributed by atoms with Crippen molar-refractivity contribution in [3.8, 4) is 0 Å². The summed E-state index contributed by atoms with van der Waals surface area (Å²) in [6.07, 6.45) is 0.0318. The molecule has 3 saturated heterocycles. The summed E-state index contributed by atoms with van der Waals surface area (Å²) in [5.41, 5.74) is -0.409. The van der Waals surface area contributed by atoms with Gasteiger partial charge < -0.3 is 20.2 Å². The van der Waals surface area contributed by atoms with E-state index in [0.29, 0.717) is 30.9 Å². The molecular formula is C16H26N4O8S. The van der Waals surface area contributed by atoms with Crippen molar-refractivity contribution in [1.82, 2.24) is 20.2 Å². The van der Waals surface area contributed by atoms with Crippen LogP contribution in [-0.2, 0) is 19.5 Å². The lowest BCUT2D eigenvalue weighted by Gasteiger charge is -2.38. The van der Waals surface area contributed by atoms with Gasteiger partial charge in [0.15, 0.2) is 0 Å². The van der Waals surface area contributed by atoms with Gasteiger partial charge in [-0.3, -0.25) is 9.35 Å². The van der Waals surface area contributed by atoms with Crippen molar-refractivity contribution >= 4 is 28.4 Å². The molecule has 3 rings (SSSR count). The average Bonchev–Trinajstić information content (AvgIpc) is 3.10. The molecule has 2 bridgehead atoms. The van der Waals surface area contributed by atoms with Gasteiger partial charge in [0.1, 0.15) is 6.04 Å². The number of nitrogens with one attached hydrogen (secondary N) is 1. The smallest absolute Gasteiger partial charge is 0.418 e. The fourth-order valence-corrected chi connectivity index (χ4v) is 5.00. The van der Waals surface area contributed by atoms with Gasteiger partial charge in [0.05, 0.1) is 18.1 Å². The molecule has 3 N–H and O–H groups in total. The Hall–Kier alpha value is -2.12. The van der Waals surface area contributed by atoms with Gasteiger partial charge >= 0.3 is 22.5 Å². The molecule has 29 heavy (non-hydrogen) atoms. The highest BCUT2D eigenvalue weighted by molar-refractivity contribution is 7.80. The molecule has 2 unspecified atom stereocenters. The van der Waals surface area contributed by atoms with E-state index in [9.17, 15) is 27.9 Å². The molecular weight excluding hydrogens is 408 g/mol. The second-order valence-electron chi connectivity index (χ2n) is 8.70. The summed E-state index contributed by atoms with van der Waals surface area (Å²) in [4.78, 5) is 39.5. The van der Waals surface area contributed by atoms with Gasteiger partial charge in [0, 0.05) is 13.1 Å². The van der Waals surface area contributed by atoms with E-state index >= 15 is 0 Å². The molecule has 3 aliphatic heterocycles. The molecule has 12 nitrogen and oxygen atoms in total. The molecule has 0 spiro atoms. The first-order chi connectivity index (χ1) is 13.3. The maximum Gasteiger partial charge on any atom is 0.418 e. The summed E-state index contributed by atoms with van der Waals surface area (Å²) < 4.78 is 35.2. The molecule has 0 saturated carbocycles. The summed E-state index contributed by atoms with van der Waals surface area (Å²) in [5.74, 6) is -0.419. The number of amides is 4. The third kappa shape index (κ3) is 4.26. The highest BCUT2D eigenvalue weighted by Gasteiger charge is 2.51. The molecule has 4 atom stereocenters. The summed E-state index contributed by atoms with van der Waals surface area (Å²) in [5, 5.41) is 12.9. The Morgan fingerprint density at radius 1 is 1.21 bits per heavy atom. The SMILES string of the molecule is CC(C)(C)C1C(NC(=O)[C@@H]2CC[C@@H]3CN2C(=O)N3OS(=O)(=O)O)CCN1C(=O)O. The Balaban J connectivity index is 1.72. The third-order valence-corrected chi connectivity index (χ3v) is 6.01. The van der Waals surface area contributed by atoms with Crippen molar-refractivity contribution in [2.75, 3.05) is 13.1 Å². The second kappa shape index (κ2) is 7.29. The lowest BCUT2D eigenvalue weighted by Crippen LogP contribution is -2.57. The maximum atomic E-state index is 12.9. The summed E-state index contributed by atoms with van der Waals surface area (Å²) in [6.45, 7) is 6.10. The molecule has 3 fully saturated rings. The van der Waals surface area contributed by atoms with E-state index < -0.39 is 58.0 Å². The minimum absolute atomic E-state index is 0.0983. The molecule has 164 valence electrons. The first-order valence-electron chi connectivity index (χ1n) is 9.36. The maximum absolute atomic E-state index is 12.9. The molecule has 4 amide bonds. The van der Waals surface area contributed by atoms with Crippen LogP contribution in [0.2, 0.25) is 0 Å². The minimum atomic E-state index is -4.86. The van der Waals surface area contributed by atoms with Crippen molar-refractivity contribution < 1.29 is 36.7 Å². The highest BCUT2D eigenvalue weighted by atomic mass is 32.3. The van der Waals surface area contributed by atoms with E-state index in [0.717, 1.165) is 0 Å². The molecule has 0 aromatic heterocycles. The number of hydrogen-bond acceptors (Lipinski definition) is 6. The fourth-order valence-electron chi connectivity index (χ4n) is 4.61. The Kier molecular flexibility index (Phi) is 5.43. The van der Waals surface area contributed by atoms with Crippen molar-refractivity contribution in [1.29, 1.82) is 0 Å². The number of piperidine rings is 1. The zero-order chi connectivity index (χ0) is 21.7. The predicted octanol–water partition coefficient (Wildman–Crippen LogP) is 0.273. The predicted molar refractivity (Wildman–Crippen MR) is 97.9 cm³/mol. The minimum Gasteiger partial charge on any atom is -0.465 e. The Bertz CT molecular complexity index is 810. The van der Waals surface area contributed by atoms with E-state index in [1.807, 2.05) is 20.8 Å². The van der Waals surface area contributed by atoms with Crippen LogP contribution in [0.3, 0.4) is 0 Å². The highest BCUT2D eigenvalue weighted by Crippen LogP contribution is 2.34. The van der Waals surface area contributed by atoms with Crippen molar-refractivity contribution in [2.45, 2.75) is 64.2 Å². The lowest BCUT2D eigenvalue weighted by molar-refractivity contribution is -0.127. The fraction of sp³-hybridized carbons (Fsp3) is 0.812. The molecule has 0 aliphatic carbocycles. The normalized spacial score (nSPS) is 30.1. The van der Waals surface area contributed by atoms with Gasteiger partial charge in [-0.05, 0) is 24.7 Å². The number of urea groups is 1. The Labute approximate surface area is 168 Å². The summed E-state index contributed by atoms with van der Waals surface area (Å²) in [7, 11) is -4.86. The Morgan fingerprint density at radius 3 is 2.41 bits per heavy atom. The van der Waals surface area contributed by atoms with Crippen molar-refractivity contribution in [2.24, 2.45) is 5.41 Å². The van der Waals surface area contributed by atoms with Crippen LogP contribution in [0.4, 0.5) is 9.59 Å². The van der Waals surface area contributed by atoms with E-state index in [1.54, 1.807) is 0 Å². The number of rotatable bonds is 4. The summed E-state index contributed by atoms with van der Waals surface area (Å²) >= 11 is 0. The van der Waals surface area contributed by atoms with Crippen LogP contribution in [0.25, 0.3) is 0 Å². The molecule has 0 aromatic carbocycles. The number of fused-ring (bicyclic) bond motifs is 2. The number of hydroxylamine groups is 2. The summed E-state index contributed by atoms with van der Waals surface area (Å²) in [6, 6.07) is -3.04. The van der Waals surface area contributed by atoms with Crippen LogP contribution < -0.4 is 5.32 Å². The second-order valence-corrected chi connectivity index (χ2v) is 9.71. The van der Waals surface area contributed by atoms with Crippen molar-refractivity contribution in [3.63, 3.8) is 0 Å². The first-order valence-corrected chi connectivity index (χ1v) is 10.7. The van der Waals surface area contributed by atoms with Crippen molar-refractivity contribution in [3.05, 3.63) is 0 Å². The number of likely N-dealkylation sites (tertiary alicyclic amines) is 1. The monoisotopic (exact) mass is 434 g/mol. The van der Waals surface area contributed by atoms with Gasteiger partial charge in [0.25, 0.3) is 0 Å².